The molecule has 0 saturated heterocycles. The van der Waals surface area contributed by atoms with Crippen LogP contribution in [0.3, 0.4) is 0 Å². The van der Waals surface area contributed by atoms with E-state index in [0.29, 0.717) is 0 Å². The lowest BCUT2D eigenvalue weighted by Gasteiger charge is -2.09. The fraction of sp³-hybridized carbons (Fsp3) is 0.0455. The number of hydrogen-bond acceptors (Lipinski definition) is 3. The summed E-state index contributed by atoms with van der Waals surface area (Å²) in [6, 6.07) is 24.4. The molecular weight excluding hydrogens is 306 g/mol. The molecule has 0 N–H and O–H groups in total. The van der Waals surface area contributed by atoms with Crippen molar-refractivity contribution in [1.82, 2.24) is 15.0 Å². The van der Waals surface area contributed by atoms with Gasteiger partial charge in [0.1, 0.15) is 0 Å². The lowest BCUT2D eigenvalue weighted by Crippen LogP contribution is -1.95. The van der Waals surface area contributed by atoms with Gasteiger partial charge in [0.2, 0.25) is 0 Å². The molecule has 0 atom stereocenters. The van der Waals surface area contributed by atoms with Crippen LogP contribution in [0.15, 0.2) is 85.2 Å². The van der Waals surface area contributed by atoms with Crippen molar-refractivity contribution in [3.63, 3.8) is 0 Å². The molecule has 2 heterocycles. The van der Waals surface area contributed by atoms with Gasteiger partial charge in [-0.15, -0.1) is 0 Å². The maximum Gasteiger partial charge on any atom is 0.160 e. The molecule has 120 valence electrons. The summed E-state index contributed by atoms with van der Waals surface area (Å²) in [5, 5.41) is 0. The van der Waals surface area contributed by atoms with Crippen LogP contribution in [0.2, 0.25) is 0 Å². The van der Waals surface area contributed by atoms with E-state index in [2.05, 4.69) is 36.2 Å². The highest BCUT2D eigenvalue weighted by Gasteiger charge is 2.10. The molecule has 2 aromatic carbocycles. The summed E-state index contributed by atoms with van der Waals surface area (Å²) in [5.41, 5.74) is 6.16. The standard InChI is InChI=1S/C22H17N3/c1-16-7-9-17(10-8-16)20-15-21(18-11-13-23-14-12-18)25-22(24-20)19-5-3-2-4-6-19/h2-15H,1H3. The van der Waals surface area contributed by atoms with E-state index in [4.69, 9.17) is 9.97 Å². The largest absolute Gasteiger partial charge is 0.265 e. The van der Waals surface area contributed by atoms with E-state index >= 15 is 0 Å². The molecule has 3 nitrogen and oxygen atoms in total. The van der Waals surface area contributed by atoms with Crippen molar-refractivity contribution in [3.8, 4) is 33.9 Å². The number of pyridine rings is 1. The predicted octanol–water partition coefficient (Wildman–Crippen LogP) is 5.18. The first-order valence-corrected chi connectivity index (χ1v) is 8.21. The second kappa shape index (κ2) is 6.65. The monoisotopic (exact) mass is 323 g/mol. The maximum atomic E-state index is 4.80. The van der Waals surface area contributed by atoms with Crippen LogP contribution in [0, 0.1) is 6.92 Å². The number of aryl methyl sites for hydroxylation is 1. The fourth-order valence-corrected chi connectivity index (χ4v) is 2.71. The Bertz CT molecular complexity index is 921. The number of benzene rings is 2. The molecule has 0 fully saturated rings. The highest BCUT2D eigenvalue weighted by atomic mass is 14.9. The summed E-state index contributed by atoms with van der Waals surface area (Å²) < 4.78 is 0. The van der Waals surface area contributed by atoms with Crippen LogP contribution in [0.25, 0.3) is 33.9 Å². The summed E-state index contributed by atoms with van der Waals surface area (Å²) in [6.45, 7) is 2.08. The van der Waals surface area contributed by atoms with Crippen LogP contribution >= 0.6 is 0 Å². The molecule has 0 radical (unpaired) electrons. The minimum atomic E-state index is 0.727. The highest BCUT2D eigenvalue weighted by molar-refractivity contribution is 5.71. The lowest BCUT2D eigenvalue weighted by atomic mass is 10.1. The van der Waals surface area contributed by atoms with Crippen molar-refractivity contribution in [2.45, 2.75) is 6.92 Å². The Kier molecular flexibility index (Phi) is 4.05. The number of hydrogen-bond donors (Lipinski definition) is 0. The average Bonchev–Trinajstić information content (AvgIpc) is 2.69. The smallest absolute Gasteiger partial charge is 0.160 e. The second-order valence-corrected chi connectivity index (χ2v) is 5.93. The topological polar surface area (TPSA) is 38.7 Å². The van der Waals surface area contributed by atoms with Gasteiger partial charge in [-0.25, -0.2) is 9.97 Å². The molecule has 0 bridgehead atoms. The zero-order valence-corrected chi connectivity index (χ0v) is 13.9. The van der Waals surface area contributed by atoms with Crippen LogP contribution < -0.4 is 0 Å². The van der Waals surface area contributed by atoms with E-state index in [1.54, 1.807) is 12.4 Å². The van der Waals surface area contributed by atoms with Crippen molar-refractivity contribution in [2.75, 3.05) is 0 Å². The number of rotatable bonds is 3. The molecule has 3 heteroatoms. The van der Waals surface area contributed by atoms with Crippen LogP contribution in [-0.2, 0) is 0 Å². The lowest BCUT2D eigenvalue weighted by molar-refractivity contribution is 1.18. The second-order valence-electron chi connectivity index (χ2n) is 5.93. The van der Waals surface area contributed by atoms with E-state index in [0.717, 1.165) is 33.9 Å². The fourth-order valence-electron chi connectivity index (χ4n) is 2.71. The van der Waals surface area contributed by atoms with Gasteiger partial charge >= 0.3 is 0 Å². The molecule has 2 aromatic heterocycles. The molecule has 25 heavy (non-hydrogen) atoms. The van der Waals surface area contributed by atoms with Crippen LogP contribution in [0.5, 0.6) is 0 Å². The highest BCUT2D eigenvalue weighted by Crippen LogP contribution is 2.27. The first kappa shape index (κ1) is 15.2. The molecule has 4 aromatic rings. The first-order chi connectivity index (χ1) is 12.3. The normalized spacial score (nSPS) is 10.6. The summed E-state index contributed by atoms with van der Waals surface area (Å²) in [6.07, 6.45) is 3.57. The quantitative estimate of drug-likeness (QED) is 0.521. The van der Waals surface area contributed by atoms with Crippen molar-refractivity contribution in [2.24, 2.45) is 0 Å². The summed E-state index contributed by atoms with van der Waals surface area (Å²) in [5.74, 6) is 0.727. The van der Waals surface area contributed by atoms with Crippen molar-refractivity contribution < 1.29 is 0 Å². The van der Waals surface area contributed by atoms with Crippen LogP contribution in [0.1, 0.15) is 5.56 Å². The molecule has 0 amide bonds. The zero-order chi connectivity index (χ0) is 17.1. The van der Waals surface area contributed by atoms with Gasteiger partial charge in [0.25, 0.3) is 0 Å². The van der Waals surface area contributed by atoms with Crippen LogP contribution in [-0.4, -0.2) is 15.0 Å². The van der Waals surface area contributed by atoms with Gasteiger partial charge in [-0.1, -0.05) is 60.2 Å². The molecule has 0 unspecified atom stereocenters. The number of nitrogens with zero attached hydrogens (tertiary/aromatic N) is 3. The van der Waals surface area contributed by atoms with Gasteiger partial charge in [-0.3, -0.25) is 4.98 Å². The van der Waals surface area contributed by atoms with Gasteiger partial charge in [0.05, 0.1) is 11.4 Å². The van der Waals surface area contributed by atoms with Gasteiger partial charge in [-0.05, 0) is 25.1 Å². The SMILES string of the molecule is Cc1ccc(-c2cc(-c3ccncc3)nc(-c3ccccc3)n2)cc1. The minimum Gasteiger partial charge on any atom is -0.265 e. The van der Waals surface area contributed by atoms with E-state index in [9.17, 15) is 0 Å². The third kappa shape index (κ3) is 3.31. The molecule has 0 spiro atoms. The van der Waals surface area contributed by atoms with E-state index in [1.807, 2.05) is 48.5 Å². The third-order valence-corrected chi connectivity index (χ3v) is 4.08. The van der Waals surface area contributed by atoms with E-state index < -0.39 is 0 Å². The summed E-state index contributed by atoms with van der Waals surface area (Å²) >= 11 is 0. The third-order valence-electron chi connectivity index (χ3n) is 4.08. The van der Waals surface area contributed by atoms with Gasteiger partial charge < -0.3 is 0 Å². The van der Waals surface area contributed by atoms with Crippen molar-refractivity contribution in [3.05, 3.63) is 90.8 Å². The molecular formula is C22H17N3. The predicted molar refractivity (Wildman–Crippen MR) is 101 cm³/mol. The zero-order valence-electron chi connectivity index (χ0n) is 13.9. The molecule has 0 aliphatic heterocycles. The average molecular weight is 323 g/mol. The van der Waals surface area contributed by atoms with Crippen LogP contribution in [0.4, 0.5) is 0 Å². The van der Waals surface area contributed by atoms with Gasteiger partial charge in [-0.2, -0.15) is 0 Å². The Labute approximate surface area is 147 Å². The van der Waals surface area contributed by atoms with Gasteiger partial charge in [0.15, 0.2) is 5.82 Å². The summed E-state index contributed by atoms with van der Waals surface area (Å²) in [7, 11) is 0. The minimum absolute atomic E-state index is 0.727. The Hall–Kier alpha value is -3.33. The molecule has 0 aliphatic carbocycles. The summed E-state index contributed by atoms with van der Waals surface area (Å²) in [4.78, 5) is 13.7. The Morgan fingerprint density at radius 2 is 1.20 bits per heavy atom. The van der Waals surface area contributed by atoms with E-state index in [1.165, 1.54) is 5.56 Å². The van der Waals surface area contributed by atoms with Gasteiger partial charge in [0, 0.05) is 29.1 Å². The Balaban J connectivity index is 1.90. The molecule has 4 rings (SSSR count). The Morgan fingerprint density at radius 3 is 1.84 bits per heavy atom. The Morgan fingerprint density at radius 1 is 0.600 bits per heavy atom. The maximum absolute atomic E-state index is 4.80. The van der Waals surface area contributed by atoms with Crippen molar-refractivity contribution >= 4 is 0 Å². The first-order valence-electron chi connectivity index (χ1n) is 8.21. The van der Waals surface area contributed by atoms with E-state index in [-0.39, 0.29) is 0 Å². The van der Waals surface area contributed by atoms with Crippen molar-refractivity contribution in [1.29, 1.82) is 0 Å². The molecule has 0 aliphatic rings. The molecule has 0 saturated carbocycles. The number of aromatic nitrogens is 3.